The molecule has 1 aromatic carbocycles. The van der Waals surface area contributed by atoms with Crippen LogP contribution in [0.4, 0.5) is 0 Å². The molecule has 0 spiro atoms. The van der Waals surface area contributed by atoms with Crippen molar-refractivity contribution in [2.75, 3.05) is 7.11 Å². The number of ether oxygens (including phenoxy) is 1. The maximum atomic E-state index is 11.0. The molecule has 0 radical (unpaired) electrons. The van der Waals surface area contributed by atoms with Crippen LogP contribution in [-0.2, 0) is 21.2 Å². The number of hydrogen-bond donors (Lipinski definition) is 0. The highest BCUT2D eigenvalue weighted by Crippen LogP contribution is 2.32. The minimum atomic E-state index is -3.62. The molecule has 0 amide bonds. The quantitative estimate of drug-likeness (QED) is 0.798. The summed E-state index contributed by atoms with van der Waals surface area (Å²) in [5.41, 5.74) is 1.43. The third kappa shape index (κ3) is 3.54. The number of methoxy groups -OCH3 is 1. The monoisotopic (exact) mass is 282 g/mol. The van der Waals surface area contributed by atoms with Gasteiger partial charge in [0.05, 0.1) is 17.9 Å². The zero-order chi connectivity index (χ0) is 12.3. The molecule has 90 valence electrons. The predicted octanol–water partition coefficient (Wildman–Crippen LogP) is 2.98. The van der Waals surface area contributed by atoms with Crippen LogP contribution in [0.3, 0.4) is 0 Å². The molecule has 3 nitrogen and oxygen atoms in total. The van der Waals surface area contributed by atoms with E-state index in [1.807, 2.05) is 6.92 Å². The molecule has 0 aliphatic carbocycles. The van der Waals surface area contributed by atoms with Crippen molar-refractivity contribution < 1.29 is 13.2 Å². The summed E-state index contributed by atoms with van der Waals surface area (Å²) in [6, 6.07) is 3.50. The molecule has 0 aromatic heterocycles. The lowest BCUT2D eigenvalue weighted by atomic mass is 10.1. The van der Waals surface area contributed by atoms with Gasteiger partial charge in [0.15, 0.2) is 0 Å². The molecule has 0 saturated heterocycles. The van der Waals surface area contributed by atoms with E-state index in [9.17, 15) is 8.42 Å². The van der Waals surface area contributed by atoms with E-state index in [4.69, 9.17) is 27.0 Å². The van der Waals surface area contributed by atoms with E-state index in [1.165, 1.54) is 7.11 Å². The molecule has 1 rings (SSSR count). The third-order valence-corrected chi connectivity index (χ3v) is 3.38. The second-order valence-corrected chi connectivity index (χ2v) is 6.49. The summed E-state index contributed by atoms with van der Waals surface area (Å²) in [7, 11) is 3.04. The highest BCUT2D eigenvalue weighted by atomic mass is 35.7. The smallest absolute Gasteiger partial charge is 0.236 e. The second kappa shape index (κ2) is 5.25. The van der Waals surface area contributed by atoms with Crippen LogP contribution < -0.4 is 4.74 Å². The molecule has 0 atom stereocenters. The Kier molecular flexibility index (Phi) is 4.47. The molecule has 0 N–H and O–H groups in total. The van der Waals surface area contributed by atoms with Gasteiger partial charge in [-0.2, -0.15) is 0 Å². The number of benzene rings is 1. The first kappa shape index (κ1) is 13.6. The van der Waals surface area contributed by atoms with E-state index in [0.29, 0.717) is 16.3 Å². The van der Waals surface area contributed by atoms with Gasteiger partial charge in [-0.05, 0) is 18.1 Å². The molecule has 0 aliphatic heterocycles. The summed E-state index contributed by atoms with van der Waals surface area (Å²) < 4.78 is 27.2. The van der Waals surface area contributed by atoms with Crippen molar-refractivity contribution in [3.63, 3.8) is 0 Å². The first-order chi connectivity index (χ1) is 7.37. The molecule has 0 saturated carbocycles. The van der Waals surface area contributed by atoms with Crippen LogP contribution >= 0.6 is 22.3 Å². The summed E-state index contributed by atoms with van der Waals surface area (Å²) in [4.78, 5) is 0. The number of rotatable bonds is 4. The summed E-state index contributed by atoms with van der Waals surface area (Å²) in [6.07, 6.45) is 0.763. The van der Waals surface area contributed by atoms with Crippen LogP contribution in [0.25, 0.3) is 0 Å². The van der Waals surface area contributed by atoms with Gasteiger partial charge in [-0.25, -0.2) is 8.42 Å². The minimum absolute atomic E-state index is 0.286. The molecule has 16 heavy (non-hydrogen) atoms. The second-order valence-electron chi connectivity index (χ2n) is 3.31. The van der Waals surface area contributed by atoms with Crippen LogP contribution in [0.1, 0.15) is 18.1 Å². The maximum Gasteiger partial charge on any atom is 0.236 e. The van der Waals surface area contributed by atoms with Gasteiger partial charge < -0.3 is 4.74 Å². The van der Waals surface area contributed by atoms with Crippen molar-refractivity contribution in [3.8, 4) is 5.75 Å². The highest BCUT2D eigenvalue weighted by molar-refractivity contribution is 8.13. The van der Waals surface area contributed by atoms with E-state index in [0.717, 1.165) is 12.0 Å². The molecule has 1 aromatic rings. The minimum Gasteiger partial charge on any atom is -0.495 e. The lowest BCUT2D eigenvalue weighted by Gasteiger charge is -2.11. The molecular formula is C10H12Cl2O3S. The average molecular weight is 283 g/mol. The van der Waals surface area contributed by atoms with Crippen LogP contribution in [-0.4, -0.2) is 15.5 Å². The van der Waals surface area contributed by atoms with Gasteiger partial charge in [-0.3, -0.25) is 0 Å². The summed E-state index contributed by atoms with van der Waals surface area (Å²) in [5, 5.41) is 0.400. The average Bonchev–Trinajstić information content (AvgIpc) is 2.14. The fraction of sp³-hybridized carbons (Fsp3) is 0.400. The van der Waals surface area contributed by atoms with Gasteiger partial charge in [0.1, 0.15) is 5.75 Å². The zero-order valence-corrected chi connectivity index (χ0v) is 11.3. The summed E-state index contributed by atoms with van der Waals surface area (Å²) in [6.45, 7) is 1.96. The van der Waals surface area contributed by atoms with Crippen LogP contribution in [0.5, 0.6) is 5.75 Å². The number of aryl methyl sites for hydroxylation is 1. The Morgan fingerprint density at radius 1 is 1.38 bits per heavy atom. The van der Waals surface area contributed by atoms with E-state index >= 15 is 0 Å². The van der Waals surface area contributed by atoms with Gasteiger partial charge in [0, 0.05) is 16.2 Å². The Labute approximate surface area is 105 Å². The van der Waals surface area contributed by atoms with E-state index in [-0.39, 0.29) is 5.75 Å². The SMILES string of the molecule is CCc1cc(Cl)c(OC)c(CS(=O)(=O)Cl)c1. The Balaban J connectivity index is 3.28. The fourth-order valence-electron chi connectivity index (χ4n) is 1.44. The van der Waals surface area contributed by atoms with E-state index in [2.05, 4.69) is 0 Å². The third-order valence-electron chi connectivity index (χ3n) is 2.12. The summed E-state index contributed by atoms with van der Waals surface area (Å²) >= 11 is 5.98. The fourth-order valence-corrected chi connectivity index (χ4v) is 2.72. The van der Waals surface area contributed by atoms with Gasteiger partial charge in [0.2, 0.25) is 9.05 Å². The van der Waals surface area contributed by atoms with Crippen LogP contribution in [0.15, 0.2) is 12.1 Å². The van der Waals surface area contributed by atoms with Gasteiger partial charge in [0.25, 0.3) is 0 Å². The molecule has 6 heteroatoms. The molecule has 0 aliphatic rings. The standard InChI is InChI=1S/C10H12Cl2O3S/c1-3-7-4-8(6-16(12,13)14)10(15-2)9(11)5-7/h4-5H,3,6H2,1-2H3. The largest absolute Gasteiger partial charge is 0.495 e. The first-order valence-corrected chi connectivity index (χ1v) is 7.50. The normalized spacial score (nSPS) is 11.5. The van der Waals surface area contributed by atoms with Crippen molar-refractivity contribution in [3.05, 3.63) is 28.3 Å². The first-order valence-electron chi connectivity index (χ1n) is 4.65. The molecule has 0 fully saturated rings. The molecule has 0 bridgehead atoms. The van der Waals surface area contributed by atoms with Crippen molar-refractivity contribution in [2.24, 2.45) is 0 Å². The number of hydrogen-bond acceptors (Lipinski definition) is 3. The Morgan fingerprint density at radius 2 is 2.00 bits per heavy atom. The van der Waals surface area contributed by atoms with Gasteiger partial charge >= 0.3 is 0 Å². The topological polar surface area (TPSA) is 43.4 Å². The maximum absolute atomic E-state index is 11.0. The van der Waals surface area contributed by atoms with Crippen molar-refractivity contribution in [2.45, 2.75) is 19.1 Å². The van der Waals surface area contributed by atoms with Crippen LogP contribution in [0.2, 0.25) is 5.02 Å². The summed E-state index contributed by atoms with van der Waals surface area (Å²) in [5.74, 6) is 0.0776. The van der Waals surface area contributed by atoms with Crippen molar-refractivity contribution in [1.29, 1.82) is 0 Å². The Bertz CT molecular complexity index is 483. The predicted molar refractivity (Wildman–Crippen MR) is 65.9 cm³/mol. The highest BCUT2D eigenvalue weighted by Gasteiger charge is 2.15. The molecular weight excluding hydrogens is 271 g/mol. The van der Waals surface area contributed by atoms with E-state index < -0.39 is 9.05 Å². The Hall–Kier alpha value is -0.450. The lowest BCUT2D eigenvalue weighted by Crippen LogP contribution is -2.00. The zero-order valence-electron chi connectivity index (χ0n) is 8.96. The van der Waals surface area contributed by atoms with Crippen molar-refractivity contribution in [1.82, 2.24) is 0 Å². The van der Waals surface area contributed by atoms with Gasteiger partial charge in [-0.15, -0.1) is 0 Å². The number of halogens is 2. The van der Waals surface area contributed by atoms with Crippen LogP contribution in [0, 0.1) is 0 Å². The molecule has 0 heterocycles. The van der Waals surface area contributed by atoms with Crippen molar-refractivity contribution >= 4 is 31.3 Å². The van der Waals surface area contributed by atoms with E-state index in [1.54, 1.807) is 12.1 Å². The van der Waals surface area contributed by atoms with Gasteiger partial charge in [-0.1, -0.05) is 24.6 Å². The molecule has 0 unspecified atom stereocenters. The lowest BCUT2D eigenvalue weighted by molar-refractivity contribution is 0.411. The Morgan fingerprint density at radius 3 is 2.44 bits per heavy atom.